The maximum absolute atomic E-state index is 13.8. The summed E-state index contributed by atoms with van der Waals surface area (Å²) in [5.41, 5.74) is 5.88. The van der Waals surface area contributed by atoms with E-state index in [1.54, 1.807) is 13.3 Å². The molecule has 1 saturated heterocycles. The van der Waals surface area contributed by atoms with Gasteiger partial charge in [-0.05, 0) is 54.3 Å². The first-order valence-corrected chi connectivity index (χ1v) is 14.2. The lowest BCUT2D eigenvalue weighted by molar-refractivity contribution is 0.0745. The molecule has 1 amide bonds. The minimum absolute atomic E-state index is 0.178. The fourth-order valence-electron chi connectivity index (χ4n) is 6.12. The highest BCUT2D eigenvalue weighted by molar-refractivity contribution is 5.97. The fourth-order valence-corrected chi connectivity index (χ4v) is 6.12. The molecule has 7 nitrogen and oxygen atoms in total. The number of hydrogen-bond donors (Lipinski definition) is 0. The summed E-state index contributed by atoms with van der Waals surface area (Å²) in [4.78, 5) is 33.9. The molecule has 7 heteroatoms. The van der Waals surface area contributed by atoms with E-state index in [1.165, 1.54) is 11.1 Å². The Morgan fingerprint density at radius 2 is 1.65 bits per heavy atom. The number of fused-ring (bicyclic) bond motifs is 2. The SMILES string of the molecule is CCn1cc(C(=O)N2CCN(c3ccccc3OC)CC2)c(=O)c2cc(CN3CCc4ccccc4C3)ccc21. The van der Waals surface area contributed by atoms with Crippen LogP contribution in [0.1, 0.15) is 34.0 Å². The molecule has 0 saturated carbocycles. The number of methoxy groups -OCH3 is 1. The molecule has 0 spiro atoms. The molecule has 3 aromatic carbocycles. The third kappa shape index (κ3) is 4.97. The van der Waals surface area contributed by atoms with Crippen molar-refractivity contribution < 1.29 is 9.53 Å². The third-order valence-corrected chi connectivity index (χ3v) is 8.32. The molecule has 2 aliphatic heterocycles. The number of aryl methyl sites for hydroxylation is 1. The number of aromatic nitrogens is 1. The molecule has 1 fully saturated rings. The van der Waals surface area contributed by atoms with E-state index in [2.05, 4.69) is 40.1 Å². The summed E-state index contributed by atoms with van der Waals surface area (Å²) in [7, 11) is 1.67. The Labute approximate surface area is 235 Å². The van der Waals surface area contributed by atoms with Gasteiger partial charge in [0.25, 0.3) is 5.91 Å². The van der Waals surface area contributed by atoms with Gasteiger partial charge in [0.1, 0.15) is 11.3 Å². The summed E-state index contributed by atoms with van der Waals surface area (Å²) < 4.78 is 7.55. The average Bonchev–Trinajstić information content (AvgIpc) is 3.01. The second-order valence-electron chi connectivity index (χ2n) is 10.7. The number of nitrogens with zero attached hydrogens (tertiary/aromatic N) is 4. The lowest BCUT2D eigenvalue weighted by Crippen LogP contribution is -2.49. The van der Waals surface area contributed by atoms with Crippen molar-refractivity contribution in [1.82, 2.24) is 14.4 Å². The van der Waals surface area contributed by atoms with Crippen molar-refractivity contribution in [2.75, 3.05) is 44.7 Å². The molecule has 1 aromatic heterocycles. The molecular weight excluding hydrogens is 500 g/mol. The van der Waals surface area contributed by atoms with E-state index in [4.69, 9.17) is 4.74 Å². The van der Waals surface area contributed by atoms with Crippen molar-refractivity contribution in [2.24, 2.45) is 0 Å². The first-order chi connectivity index (χ1) is 19.6. The fraction of sp³-hybridized carbons (Fsp3) is 0.333. The maximum Gasteiger partial charge on any atom is 0.259 e. The number of carbonyl (C=O) groups is 1. The van der Waals surface area contributed by atoms with Crippen LogP contribution < -0.4 is 15.1 Å². The summed E-state index contributed by atoms with van der Waals surface area (Å²) in [5.74, 6) is 0.638. The number of benzene rings is 3. The highest BCUT2D eigenvalue weighted by Gasteiger charge is 2.26. The van der Waals surface area contributed by atoms with E-state index >= 15 is 0 Å². The number of hydrogen-bond acceptors (Lipinski definition) is 5. The quantitative estimate of drug-likeness (QED) is 0.362. The molecule has 0 unspecified atom stereocenters. The van der Waals surface area contributed by atoms with Crippen LogP contribution in [0.25, 0.3) is 10.9 Å². The van der Waals surface area contributed by atoms with Crippen LogP contribution in [0, 0.1) is 0 Å². The van der Waals surface area contributed by atoms with Crippen molar-refractivity contribution in [3.05, 3.63) is 105 Å². The standard InChI is InChI=1S/C33H36N4O3/c1-3-35-23-28(33(39)37-18-16-36(17-19-37)30-10-6-7-11-31(30)40-2)32(38)27-20-24(12-13-29(27)35)21-34-15-14-25-8-4-5-9-26(25)22-34/h4-13,20,23H,3,14-19,21-22H2,1-2H3. The van der Waals surface area contributed by atoms with Crippen LogP contribution in [0.15, 0.2) is 77.7 Å². The monoisotopic (exact) mass is 536 g/mol. The minimum Gasteiger partial charge on any atom is -0.495 e. The number of para-hydroxylation sites is 2. The summed E-state index contributed by atoms with van der Waals surface area (Å²) in [6.45, 7) is 7.88. The van der Waals surface area contributed by atoms with Gasteiger partial charge in [-0.25, -0.2) is 0 Å². The topological polar surface area (TPSA) is 58.0 Å². The molecule has 0 aliphatic carbocycles. The highest BCUT2D eigenvalue weighted by atomic mass is 16.5. The van der Waals surface area contributed by atoms with E-state index in [9.17, 15) is 9.59 Å². The van der Waals surface area contributed by atoms with Crippen LogP contribution in [0.2, 0.25) is 0 Å². The first-order valence-electron chi connectivity index (χ1n) is 14.2. The molecule has 4 aromatic rings. The Hall–Kier alpha value is -4.10. The predicted octanol–water partition coefficient (Wildman–Crippen LogP) is 4.55. The molecule has 40 heavy (non-hydrogen) atoms. The molecular formula is C33H36N4O3. The molecule has 3 heterocycles. The van der Waals surface area contributed by atoms with Gasteiger partial charge in [0.05, 0.1) is 18.3 Å². The molecule has 2 aliphatic rings. The second kappa shape index (κ2) is 11.2. The lowest BCUT2D eigenvalue weighted by Gasteiger charge is -2.36. The van der Waals surface area contributed by atoms with Gasteiger partial charge in [0, 0.05) is 63.9 Å². The Morgan fingerprint density at radius 1 is 0.900 bits per heavy atom. The summed E-state index contributed by atoms with van der Waals surface area (Å²) in [6.07, 6.45) is 2.79. The van der Waals surface area contributed by atoms with Gasteiger partial charge in [-0.1, -0.05) is 42.5 Å². The van der Waals surface area contributed by atoms with Crippen LogP contribution in [0.3, 0.4) is 0 Å². The summed E-state index contributed by atoms with van der Waals surface area (Å²) in [5, 5.41) is 0.621. The van der Waals surface area contributed by atoms with Gasteiger partial charge >= 0.3 is 0 Å². The maximum atomic E-state index is 13.8. The van der Waals surface area contributed by atoms with E-state index in [-0.39, 0.29) is 16.9 Å². The van der Waals surface area contributed by atoms with E-state index in [1.807, 2.05) is 52.8 Å². The number of anilines is 1. The van der Waals surface area contributed by atoms with E-state index in [0.29, 0.717) is 38.1 Å². The van der Waals surface area contributed by atoms with Gasteiger partial charge in [-0.15, -0.1) is 0 Å². The summed E-state index contributed by atoms with van der Waals surface area (Å²) in [6, 6.07) is 22.7. The number of pyridine rings is 1. The number of amides is 1. The number of rotatable bonds is 6. The number of carbonyl (C=O) groups excluding carboxylic acids is 1. The number of piperazine rings is 1. The average molecular weight is 537 g/mol. The van der Waals surface area contributed by atoms with Crippen molar-refractivity contribution in [2.45, 2.75) is 33.0 Å². The molecule has 0 N–H and O–H groups in total. The largest absolute Gasteiger partial charge is 0.495 e. The Balaban J connectivity index is 1.23. The zero-order chi connectivity index (χ0) is 27.6. The summed E-state index contributed by atoms with van der Waals surface area (Å²) >= 11 is 0. The van der Waals surface area contributed by atoms with Gasteiger partial charge in [0.2, 0.25) is 5.43 Å². The van der Waals surface area contributed by atoms with Crippen molar-refractivity contribution in [1.29, 1.82) is 0 Å². The van der Waals surface area contributed by atoms with Gasteiger partial charge in [0.15, 0.2) is 0 Å². The van der Waals surface area contributed by atoms with Crippen LogP contribution in [0.4, 0.5) is 5.69 Å². The van der Waals surface area contributed by atoms with Gasteiger partial charge in [-0.2, -0.15) is 0 Å². The van der Waals surface area contributed by atoms with Gasteiger partial charge < -0.3 is 19.1 Å². The van der Waals surface area contributed by atoms with E-state index in [0.717, 1.165) is 48.6 Å². The normalized spacial score (nSPS) is 15.8. The molecule has 0 atom stereocenters. The molecule has 6 rings (SSSR count). The number of ether oxygens (including phenoxy) is 1. The van der Waals surface area contributed by atoms with Crippen molar-refractivity contribution >= 4 is 22.5 Å². The minimum atomic E-state index is -0.188. The zero-order valence-corrected chi connectivity index (χ0v) is 23.3. The Bertz CT molecular complexity index is 1600. The Kier molecular flexibility index (Phi) is 7.30. The van der Waals surface area contributed by atoms with E-state index < -0.39 is 0 Å². The van der Waals surface area contributed by atoms with Crippen molar-refractivity contribution in [3.63, 3.8) is 0 Å². The van der Waals surface area contributed by atoms with Crippen LogP contribution in [-0.4, -0.2) is 60.1 Å². The molecule has 0 radical (unpaired) electrons. The lowest BCUT2D eigenvalue weighted by atomic mass is 9.99. The van der Waals surface area contributed by atoms with Crippen LogP contribution >= 0.6 is 0 Å². The van der Waals surface area contributed by atoms with Gasteiger partial charge in [-0.3, -0.25) is 14.5 Å². The third-order valence-electron chi connectivity index (χ3n) is 8.32. The smallest absolute Gasteiger partial charge is 0.259 e. The predicted molar refractivity (Wildman–Crippen MR) is 159 cm³/mol. The molecule has 206 valence electrons. The zero-order valence-electron chi connectivity index (χ0n) is 23.3. The first kappa shape index (κ1) is 26.1. The van der Waals surface area contributed by atoms with Crippen LogP contribution in [-0.2, 0) is 26.1 Å². The van der Waals surface area contributed by atoms with Crippen LogP contribution in [0.5, 0.6) is 5.75 Å². The molecule has 0 bridgehead atoms. The second-order valence-corrected chi connectivity index (χ2v) is 10.7. The highest BCUT2D eigenvalue weighted by Crippen LogP contribution is 2.29. The Morgan fingerprint density at radius 3 is 2.42 bits per heavy atom. The van der Waals surface area contributed by atoms with Crippen molar-refractivity contribution in [3.8, 4) is 5.75 Å².